The number of nitro groups is 1. The monoisotopic (exact) mass is 324 g/mol. The van der Waals surface area contributed by atoms with Gasteiger partial charge in [-0.15, -0.1) is 0 Å². The lowest BCUT2D eigenvalue weighted by Gasteiger charge is -2.06. The molecular formula is C17H16N4O3. The van der Waals surface area contributed by atoms with Crippen molar-refractivity contribution < 1.29 is 9.66 Å². The molecule has 0 saturated heterocycles. The van der Waals surface area contributed by atoms with Crippen molar-refractivity contribution in [2.75, 3.05) is 6.61 Å². The minimum atomic E-state index is -0.432. The summed E-state index contributed by atoms with van der Waals surface area (Å²) in [7, 11) is 0. The maximum absolute atomic E-state index is 10.7. The first kappa shape index (κ1) is 15.7. The molecule has 0 N–H and O–H groups in total. The zero-order valence-corrected chi connectivity index (χ0v) is 13.1. The molecule has 3 aromatic rings. The van der Waals surface area contributed by atoms with E-state index in [0.29, 0.717) is 19.0 Å². The fraction of sp³-hybridized carbons (Fsp3) is 0.176. The van der Waals surface area contributed by atoms with Crippen LogP contribution < -0.4 is 4.74 Å². The Balaban J connectivity index is 1.60. The van der Waals surface area contributed by atoms with E-state index in [1.165, 1.54) is 12.1 Å². The number of benzene rings is 2. The minimum absolute atomic E-state index is 0.0461. The Bertz CT molecular complexity index is 843. The smallest absolute Gasteiger partial charge is 0.269 e. The second-order valence-electron chi connectivity index (χ2n) is 5.30. The van der Waals surface area contributed by atoms with E-state index in [1.807, 2.05) is 31.2 Å². The molecule has 0 aliphatic heterocycles. The molecule has 0 aliphatic carbocycles. The maximum atomic E-state index is 10.7. The summed E-state index contributed by atoms with van der Waals surface area (Å²) in [6.07, 6.45) is 1.62. The van der Waals surface area contributed by atoms with Gasteiger partial charge in [0, 0.05) is 17.7 Å². The third kappa shape index (κ3) is 3.75. The quantitative estimate of drug-likeness (QED) is 0.513. The van der Waals surface area contributed by atoms with Crippen molar-refractivity contribution in [1.29, 1.82) is 0 Å². The van der Waals surface area contributed by atoms with E-state index in [1.54, 1.807) is 23.1 Å². The number of non-ortho nitro benzene ring substituents is 1. The van der Waals surface area contributed by atoms with Crippen molar-refractivity contribution in [3.05, 3.63) is 70.5 Å². The van der Waals surface area contributed by atoms with Crippen molar-refractivity contribution in [2.45, 2.75) is 13.5 Å². The van der Waals surface area contributed by atoms with Crippen LogP contribution in [0.4, 0.5) is 5.69 Å². The van der Waals surface area contributed by atoms with Crippen molar-refractivity contribution in [2.24, 2.45) is 0 Å². The molecule has 0 unspecified atom stereocenters. The van der Waals surface area contributed by atoms with Crippen LogP contribution >= 0.6 is 0 Å². The normalized spacial score (nSPS) is 10.5. The summed E-state index contributed by atoms with van der Waals surface area (Å²) in [5, 5.41) is 15.0. The second-order valence-corrected chi connectivity index (χ2v) is 5.30. The van der Waals surface area contributed by atoms with Gasteiger partial charge in [-0.05, 0) is 36.8 Å². The van der Waals surface area contributed by atoms with Gasteiger partial charge in [0.25, 0.3) is 5.69 Å². The van der Waals surface area contributed by atoms with Crippen molar-refractivity contribution in [1.82, 2.24) is 14.8 Å². The van der Waals surface area contributed by atoms with Gasteiger partial charge in [-0.1, -0.05) is 12.1 Å². The van der Waals surface area contributed by atoms with Gasteiger partial charge < -0.3 is 4.74 Å². The highest BCUT2D eigenvalue weighted by atomic mass is 16.6. The van der Waals surface area contributed by atoms with E-state index in [0.717, 1.165) is 16.9 Å². The second kappa shape index (κ2) is 6.91. The Kier molecular flexibility index (Phi) is 4.51. The van der Waals surface area contributed by atoms with Crippen LogP contribution in [0.2, 0.25) is 0 Å². The molecule has 2 aromatic carbocycles. The molecule has 0 amide bonds. The third-order valence-corrected chi connectivity index (χ3v) is 3.45. The Labute approximate surface area is 138 Å². The van der Waals surface area contributed by atoms with Crippen molar-refractivity contribution in [3.63, 3.8) is 0 Å². The lowest BCUT2D eigenvalue weighted by Crippen LogP contribution is -2.08. The standard InChI is InChI=1S/C17H16N4O3/c1-13-3-2-4-16(11-13)24-10-9-20-12-18-17(19-20)14-5-7-15(8-6-14)21(22)23/h2-8,11-12H,9-10H2,1H3. The molecular weight excluding hydrogens is 308 g/mol. The van der Waals surface area contributed by atoms with E-state index >= 15 is 0 Å². The summed E-state index contributed by atoms with van der Waals surface area (Å²) in [6, 6.07) is 14.0. The molecule has 0 aliphatic rings. The zero-order chi connectivity index (χ0) is 16.9. The van der Waals surface area contributed by atoms with Gasteiger partial charge in [-0.2, -0.15) is 5.10 Å². The molecule has 7 heteroatoms. The van der Waals surface area contributed by atoms with Crippen LogP contribution in [0, 0.1) is 17.0 Å². The summed E-state index contributed by atoms with van der Waals surface area (Å²) >= 11 is 0. The predicted molar refractivity (Wildman–Crippen MR) is 88.8 cm³/mol. The van der Waals surface area contributed by atoms with Crippen LogP contribution in [-0.2, 0) is 6.54 Å². The number of nitrogens with zero attached hydrogens (tertiary/aromatic N) is 4. The van der Waals surface area contributed by atoms with E-state index < -0.39 is 4.92 Å². The van der Waals surface area contributed by atoms with Crippen molar-refractivity contribution >= 4 is 5.69 Å². The molecule has 122 valence electrons. The number of rotatable bonds is 6. The van der Waals surface area contributed by atoms with Gasteiger partial charge in [0.05, 0.1) is 11.5 Å². The molecule has 0 atom stereocenters. The molecule has 0 fully saturated rings. The molecule has 0 spiro atoms. The highest BCUT2D eigenvalue weighted by molar-refractivity contribution is 5.56. The summed E-state index contributed by atoms with van der Waals surface area (Å²) in [4.78, 5) is 14.5. The first-order valence-corrected chi connectivity index (χ1v) is 7.45. The third-order valence-electron chi connectivity index (χ3n) is 3.45. The summed E-state index contributed by atoms with van der Waals surface area (Å²) in [5.74, 6) is 1.35. The Hall–Kier alpha value is -3.22. The molecule has 0 saturated carbocycles. The summed E-state index contributed by atoms with van der Waals surface area (Å²) in [5.41, 5.74) is 1.93. The van der Waals surface area contributed by atoms with Crippen LogP contribution in [-0.4, -0.2) is 26.3 Å². The predicted octanol–water partition coefficient (Wildman–Crippen LogP) is 3.24. The van der Waals surface area contributed by atoms with E-state index in [-0.39, 0.29) is 5.69 Å². The number of aromatic nitrogens is 3. The number of aryl methyl sites for hydroxylation is 1. The van der Waals surface area contributed by atoms with Crippen LogP contribution in [0.15, 0.2) is 54.9 Å². The van der Waals surface area contributed by atoms with Gasteiger partial charge in [-0.3, -0.25) is 10.1 Å². The molecule has 1 heterocycles. The average molecular weight is 324 g/mol. The minimum Gasteiger partial charge on any atom is -0.492 e. The topological polar surface area (TPSA) is 83.1 Å². The molecule has 1 aromatic heterocycles. The van der Waals surface area contributed by atoms with Gasteiger partial charge in [0.15, 0.2) is 5.82 Å². The Morgan fingerprint density at radius 2 is 2.00 bits per heavy atom. The number of nitro benzene ring substituents is 1. The van der Waals surface area contributed by atoms with E-state index in [9.17, 15) is 10.1 Å². The highest BCUT2D eigenvalue weighted by Gasteiger charge is 2.08. The first-order chi connectivity index (χ1) is 11.6. The van der Waals surface area contributed by atoms with Gasteiger partial charge in [0.1, 0.15) is 18.7 Å². The lowest BCUT2D eigenvalue weighted by molar-refractivity contribution is -0.384. The fourth-order valence-electron chi connectivity index (χ4n) is 2.23. The van der Waals surface area contributed by atoms with Crippen LogP contribution in [0.25, 0.3) is 11.4 Å². The van der Waals surface area contributed by atoms with Crippen molar-refractivity contribution in [3.8, 4) is 17.1 Å². The number of ether oxygens (including phenoxy) is 1. The summed E-state index contributed by atoms with van der Waals surface area (Å²) in [6.45, 7) is 3.06. The van der Waals surface area contributed by atoms with Gasteiger partial charge >= 0.3 is 0 Å². The number of hydrogen-bond acceptors (Lipinski definition) is 5. The molecule has 3 rings (SSSR count). The molecule has 7 nitrogen and oxygen atoms in total. The number of hydrogen-bond donors (Lipinski definition) is 0. The van der Waals surface area contributed by atoms with Crippen LogP contribution in [0.3, 0.4) is 0 Å². The Morgan fingerprint density at radius 1 is 1.21 bits per heavy atom. The van der Waals surface area contributed by atoms with Crippen LogP contribution in [0.1, 0.15) is 5.56 Å². The van der Waals surface area contributed by atoms with Gasteiger partial charge in [-0.25, -0.2) is 9.67 Å². The zero-order valence-electron chi connectivity index (χ0n) is 13.1. The molecule has 0 bridgehead atoms. The molecule has 24 heavy (non-hydrogen) atoms. The maximum Gasteiger partial charge on any atom is 0.269 e. The van der Waals surface area contributed by atoms with E-state index in [2.05, 4.69) is 10.1 Å². The largest absolute Gasteiger partial charge is 0.492 e. The fourth-order valence-corrected chi connectivity index (χ4v) is 2.23. The Morgan fingerprint density at radius 3 is 2.71 bits per heavy atom. The average Bonchev–Trinajstić information content (AvgIpc) is 3.04. The first-order valence-electron chi connectivity index (χ1n) is 7.45. The highest BCUT2D eigenvalue weighted by Crippen LogP contribution is 2.19. The lowest BCUT2D eigenvalue weighted by atomic mass is 10.2. The van der Waals surface area contributed by atoms with Gasteiger partial charge in [0.2, 0.25) is 0 Å². The van der Waals surface area contributed by atoms with Crippen LogP contribution in [0.5, 0.6) is 5.75 Å². The SMILES string of the molecule is Cc1cccc(OCCn2cnc(-c3ccc([N+](=O)[O-])cc3)n2)c1. The molecule has 0 radical (unpaired) electrons. The van der Waals surface area contributed by atoms with E-state index in [4.69, 9.17) is 4.74 Å². The summed E-state index contributed by atoms with van der Waals surface area (Å²) < 4.78 is 7.37.